The highest BCUT2D eigenvalue weighted by Crippen LogP contribution is 2.24. The smallest absolute Gasteiger partial charge is 0.273 e. The summed E-state index contributed by atoms with van der Waals surface area (Å²) in [5.74, 6) is 0. The molecule has 5 nitrogen and oxygen atoms in total. The molecule has 112 valence electrons. The van der Waals surface area contributed by atoms with Gasteiger partial charge in [-0.15, -0.1) is 0 Å². The number of nitrogens with zero attached hydrogens (tertiary/aromatic N) is 3. The monoisotopic (exact) mass is 302 g/mol. The average Bonchev–Trinajstić information content (AvgIpc) is 2.94. The Morgan fingerprint density at radius 1 is 1.00 bits per heavy atom. The number of pyridine rings is 1. The maximum atomic E-state index is 12.4. The minimum atomic E-state index is -0.152. The average molecular weight is 302 g/mol. The van der Waals surface area contributed by atoms with Crippen LogP contribution in [0.1, 0.15) is 5.56 Å². The first-order valence-electron chi connectivity index (χ1n) is 7.33. The van der Waals surface area contributed by atoms with Gasteiger partial charge in [-0.05, 0) is 24.6 Å². The van der Waals surface area contributed by atoms with E-state index in [1.807, 2.05) is 55.5 Å². The molecule has 0 saturated carbocycles. The summed E-state index contributed by atoms with van der Waals surface area (Å²) in [6, 6.07) is 17.0. The highest BCUT2D eigenvalue weighted by Gasteiger charge is 2.14. The molecule has 0 aliphatic carbocycles. The molecule has 0 saturated heterocycles. The first-order chi connectivity index (χ1) is 11.2. The van der Waals surface area contributed by atoms with E-state index in [1.165, 1.54) is 10.6 Å². The van der Waals surface area contributed by atoms with E-state index in [9.17, 15) is 4.79 Å². The van der Waals surface area contributed by atoms with E-state index in [0.29, 0.717) is 17.0 Å². The number of H-pyrrole nitrogens is 1. The van der Waals surface area contributed by atoms with Crippen molar-refractivity contribution >= 4 is 5.65 Å². The zero-order chi connectivity index (χ0) is 15.8. The van der Waals surface area contributed by atoms with Crippen molar-refractivity contribution in [2.75, 3.05) is 0 Å². The lowest BCUT2D eigenvalue weighted by atomic mass is 10.1. The third-order valence-corrected chi connectivity index (χ3v) is 3.84. The van der Waals surface area contributed by atoms with Crippen molar-refractivity contribution in [3.63, 3.8) is 0 Å². The predicted molar refractivity (Wildman–Crippen MR) is 89.2 cm³/mol. The highest BCUT2D eigenvalue weighted by atomic mass is 16.1. The van der Waals surface area contributed by atoms with Crippen molar-refractivity contribution in [3.05, 3.63) is 76.7 Å². The quantitative estimate of drug-likeness (QED) is 0.619. The summed E-state index contributed by atoms with van der Waals surface area (Å²) in [7, 11) is 0. The molecule has 23 heavy (non-hydrogen) atoms. The molecule has 3 heterocycles. The zero-order valence-electron chi connectivity index (χ0n) is 12.5. The van der Waals surface area contributed by atoms with E-state index in [1.54, 1.807) is 6.20 Å². The van der Waals surface area contributed by atoms with Crippen LogP contribution in [0.2, 0.25) is 0 Å². The predicted octanol–water partition coefficient (Wildman–Crippen LogP) is 3.06. The van der Waals surface area contributed by atoms with Gasteiger partial charge in [-0.1, -0.05) is 36.4 Å². The number of nitrogens with one attached hydrogen (secondary N) is 1. The Kier molecular flexibility index (Phi) is 3.05. The number of aryl methyl sites for hydroxylation is 1. The summed E-state index contributed by atoms with van der Waals surface area (Å²) in [6.45, 7) is 1.96. The minimum absolute atomic E-state index is 0.152. The van der Waals surface area contributed by atoms with Gasteiger partial charge in [0, 0.05) is 17.8 Å². The van der Waals surface area contributed by atoms with Crippen LogP contribution in [0.15, 0.2) is 65.6 Å². The van der Waals surface area contributed by atoms with Crippen molar-refractivity contribution < 1.29 is 0 Å². The Hall–Kier alpha value is -3.21. The second-order valence-electron chi connectivity index (χ2n) is 5.33. The van der Waals surface area contributed by atoms with Crippen LogP contribution in [0.5, 0.6) is 0 Å². The molecule has 0 fully saturated rings. The van der Waals surface area contributed by atoms with Gasteiger partial charge in [-0.3, -0.25) is 14.9 Å². The maximum Gasteiger partial charge on any atom is 0.273 e. The van der Waals surface area contributed by atoms with Gasteiger partial charge in [0.2, 0.25) is 0 Å². The molecule has 4 rings (SSSR count). The van der Waals surface area contributed by atoms with Gasteiger partial charge >= 0.3 is 0 Å². The number of rotatable bonds is 2. The van der Waals surface area contributed by atoms with Gasteiger partial charge in [-0.2, -0.15) is 0 Å². The first-order valence-corrected chi connectivity index (χ1v) is 7.33. The lowest BCUT2D eigenvalue weighted by molar-refractivity contribution is 0.903. The molecule has 4 aromatic rings. The number of aromatic amines is 1. The zero-order valence-corrected chi connectivity index (χ0v) is 12.5. The fourth-order valence-corrected chi connectivity index (χ4v) is 2.68. The van der Waals surface area contributed by atoms with Crippen LogP contribution >= 0.6 is 0 Å². The Labute approximate surface area is 132 Å². The number of fused-ring (bicyclic) bond motifs is 1. The Morgan fingerprint density at radius 3 is 2.52 bits per heavy atom. The molecule has 0 radical (unpaired) electrons. The summed E-state index contributed by atoms with van der Waals surface area (Å²) in [6.07, 6.45) is 1.69. The molecule has 0 amide bonds. The molecule has 0 atom stereocenters. The third-order valence-electron chi connectivity index (χ3n) is 3.84. The standard InChI is InChI=1S/C18H14N4O/c1-12-17(13-7-3-2-4-8-13)21-22-16(23)11-15(20-18(12)22)14-9-5-6-10-19-14/h2-11,21H,1H3. The molecule has 0 bridgehead atoms. The molecule has 0 aliphatic rings. The Morgan fingerprint density at radius 2 is 1.78 bits per heavy atom. The SMILES string of the molecule is Cc1c(-c2ccccc2)[nH]n2c(=O)cc(-c3ccccn3)nc12. The van der Waals surface area contributed by atoms with Gasteiger partial charge in [0.05, 0.1) is 17.1 Å². The molecule has 0 unspecified atom stereocenters. The molecule has 5 heteroatoms. The normalized spacial score (nSPS) is 11.0. The Bertz CT molecular complexity index is 1030. The van der Waals surface area contributed by atoms with E-state index in [-0.39, 0.29) is 5.56 Å². The van der Waals surface area contributed by atoms with E-state index in [4.69, 9.17) is 0 Å². The lowest BCUT2D eigenvalue weighted by Crippen LogP contribution is -2.14. The summed E-state index contributed by atoms with van der Waals surface area (Å²) < 4.78 is 1.48. The third kappa shape index (κ3) is 2.23. The topological polar surface area (TPSA) is 63.0 Å². The number of hydrogen-bond donors (Lipinski definition) is 1. The van der Waals surface area contributed by atoms with Crippen LogP contribution in [0.3, 0.4) is 0 Å². The first kappa shape index (κ1) is 13.5. The van der Waals surface area contributed by atoms with E-state index < -0.39 is 0 Å². The van der Waals surface area contributed by atoms with Gasteiger partial charge in [-0.25, -0.2) is 9.50 Å². The van der Waals surface area contributed by atoms with Gasteiger partial charge < -0.3 is 0 Å². The fourth-order valence-electron chi connectivity index (χ4n) is 2.68. The van der Waals surface area contributed by atoms with Gasteiger partial charge in [0.25, 0.3) is 5.56 Å². The van der Waals surface area contributed by atoms with E-state index in [0.717, 1.165) is 16.8 Å². The van der Waals surface area contributed by atoms with Crippen molar-refractivity contribution in [2.45, 2.75) is 6.92 Å². The molecule has 1 aromatic carbocycles. The van der Waals surface area contributed by atoms with Crippen molar-refractivity contribution in [1.29, 1.82) is 0 Å². The van der Waals surface area contributed by atoms with Crippen LogP contribution in [0.25, 0.3) is 28.3 Å². The van der Waals surface area contributed by atoms with Gasteiger partial charge in [0.15, 0.2) is 5.65 Å². The molecular weight excluding hydrogens is 288 g/mol. The molecular formula is C18H14N4O. The Balaban J connectivity index is 1.97. The van der Waals surface area contributed by atoms with E-state index >= 15 is 0 Å². The van der Waals surface area contributed by atoms with Crippen molar-refractivity contribution in [2.24, 2.45) is 0 Å². The summed E-state index contributed by atoms with van der Waals surface area (Å²) in [5, 5.41) is 3.15. The number of hydrogen-bond acceptors (Lipinski definition) is 3. The summed E-state index contributed by atoms with van der Waals surface area (Å²) in [4.78, 5) is 21.3. The van der Waals surface area contributed by atoms with Crippen molar-refractivity contribution in [1.82, 2.24) is 19.6 Å². The second kappa shape index (κ2) is 5.21. The van der Waals surface area contributed by atoms with Gasteiger partial charge in [0.1, 0.15) is 0 Å². The lowest BCUT2D eigenvalue weighted by Gasteiger charge is -2.00. The second-order valence-corrected chi connectivity index (χ2v) is 5.33. The summed E-state index contributed by atoms with van der Waals surface area (Å²) in [5.41, 5.74) is 4.60. The molecule has 0 spiro atoms. The highest BCUT2D eigenvalue weighted by molar-refractivity contribution is 5.71. The van der Waals surface area contributed by atoms with Crippen molar-refractivity contribution in [3.8, 4) is 22.6 Å². The molecule has 3 aromatic heterocycles. The molecule has 0 aliphatic heterocycles. The van der Waals surface area contributed by atoms with E-state index in [2.05, 4.69) is 15.1 Å². The maximum absolute atomic E-state index is 12.4. The molecule has 1 N–H and O–H groups in total. The number of aromatic nitrogens is 4. The number of benzene rings is 1. The minimum Gasteiger partial charge on any atom is -0.289 e. The van der Waals surface area contributed by atoms with Crippen LogP contribution in [-0.4, -0.2) is 19.6 Å². The van der Waals surface area contributed by atoms with Crippen LogP contribution in [0, 0.1) is 6.92 Å². The fraction of sp³-hybridized carbons (Fsp3) is 0.0556. The van der Waals surface area contributed by atoms with Crippen LogP contribution < -0.4 is 5.56 Å². The summed E-state index contributed by atoms with van der Waals surface area (Å²) >= 11 is 0. The largest absolute Gasteiger partial charge is 0.289 e. The van der Waals surface area contributed by atoms with Crippen LogP contribution in [0.4, 0.5) is 0 Å². The van der Waals surface area contributed by atoms with Crippen LogP contribution in [-0.2, 0) is 0 Å².